The summed E-state index contributed by atoms with van der Waals surface area (Å²) in [6.45, 7) is 5.02. The molecule has 29 heavy (non-hydrogen) atoms. The van der Waals surface area contributed by atoms with Gasteiger partial charge in [-0.1, -0.05) is 12.1 Å². The number of nitrogens with one attached hydrogen (secondary N) is 1. The number of phenolic OH excluding ortho intramolecular Hbond substituents is 2. The highest BCUT2D eigenvalue weighted by Gasteiger charge is 2.24. The first-order valence-corrected chi connectivity index (χ1v) is 9.64. The Morgan fingerprint density at radius 2 is 1.76 bits per heavy atom. The third kappa shape index (κ3) is 5.19. The van der Waals surface area contributed by atoms with Crippen LogP contribution in [0.2, 0.25) is 0 Å². The number of nitrogens with zero attached hydrogens (tertiary/aromatic N) is 1. The average molecular weight is 398 g/mol. The molecule has 1 fully saturated rings. The van der Waals surface area contributed by atoms with E-state index in [0.29, 0.717) is 25.9 Å². The number of hydrogen-bond acceptors (Lipinski definition) is 5. The fourth-order valence-corrected chi connectivity index (χ4v) is 3.38. The van der Waals surface area contributed by atoms with Crippen LogP contribution in [0.3, 0.4) is 0 Å². The van der Waals surface area contributed by atoms with Gasteiger partial charge >= 0.3 is 0 Å². The highest BCUT2D eigenvalue weighted by atomic mass is 16.5. The van der Waals surface area contributed by atoms with E-state index in [-0.39, 0.29) is 41.5 Å². The Morgan fingerprint density at radius 3 is 2.41 bits per heavy atom. The average Bonchev–Trinajstić information content (AvgIpc) is 2.68. The van der Waals surface area contributed by atoms with Gasteiger partial charge < -0.3 is 25.2 Å². The van der Waals surface area contributed by atoms with Crippen LogP contribution in [-0.4, -0.2) is 52.7 Å². The normalized spacial score (nSPS) is 14.5. The second-order valence-corrected chi connectivity index (χ2v) is 7.35. The first kappa shape index (κ1) is 20.5. The monoisotopic (exact) mass is 398 g/mol. The number of carbonyl (C=O) groups excluding carboxylic acids is 2. The molecule has 0 atom stereocenters. The molecule has 0 aliphatic carbocycles. The van der Waals surface area contributed by atoms with Gasteiger partial charge in [-0.05, 0) is 56.0 Å². The molecule has 3 N–H and O–H groups in total. The van der Waals surface area contributed by atoms with Gasteiger partial charge in [-0.15, -0.1) is 0 Å². The van der Waals surface area contributed by atoms with Gasteiger partial charge in [0.15, 0.2) is 6.61 Å². The molecule has 0 unspecified atom stereocenters. The van der Waals surface area contributed by atoms with E-state index in [0.717, 1.165) is 16.9 Å². The summed E-state index contributed by atoms with van der Waals surface area (Å²) in [5.41, 5.74) is 2.34. The largest absolute Gasteiger partial charge is 0.508 e. The number of ether oxygens (including phenoxy) is 1. The molecule has 0 bridgehead atoms. The zero-order chi connectivity index (χ0) is 21.0. The van der Waals surface area contributed by atoms with Gasteiger partial charge in [0.25, 0.3) is 11.8 Å². The molecule has 3 rings (SSSR count). The molecule has 2 aromatic carbocycles. The molecule has 2 amide bonds. The minimum atomic E-state index is -0.362. The number of likely N-dealkylation sites (tertiary alicyclic amines) is 1. The number of phenols is 2. The van der Waals surface area contributed by atoms with Crippen LogP contribution in [0.25, 0.3) is 0 Å². The SMILES string of the molecule is Cc1cccc(OCC(=O)N2CCC(NC(=O)c3cc(O)cc(O)c3)CC2)c1C. The van der Waals surface area contributed by atoms with Gasteiger partial charge in [0.05, 0.1) is 0 Å². The summed E-state index contributed by atoms with van der Waals surface area (Å²) in [6, 6.07) is 9.47. The van der Waals surface area contributed by atoms with Crippen LogP contribution in [0.1, 0.15) is 34.3 Å². The fourth-order valence-electron chi connectivity index (χ4n) is 3.38. The maximum Gasteiger partial charge on any atom is 0.260 e. The number of benzene rings is 2. The summed E-state index contributed by atoms with van der Waals surface area (Å²) in [6.07, 6.45) is 1.26. The highest BCUT2D eigenvalue weighted by molar-refractivity contribution is 5.95. The van der Waals surface area contributed by atoms with Crippen molar-refractivity contribution < 1.29 is 24.5 Å². The molecule has 7 nitrogen and oxygen atoms in total. The van der Waals surface area contributed by atoms with Crippen molar-refractivity contribution in [1.82, 2.24) is 10.2 Å². The molecular weight excluding hydrogens is 372 g/mol. The van der Waals surface area contributed by atoms with Crippen molar-refractivity contribution >= 4 is 11.8 Å². The molecule has 1 aliphatic heterocycles. The molecule has 7 heteroatoms. The lowest BCUT2D eigenvalue weighted by molar-refractivity contribution is -0.134. The van der Waals surface area contributed by atoms with Crippen LogP contribution in [0, 0.1) is 13.8 Å². The lowest BCUT2D eigenvalue weighted by Crippen LogP contribution is -2.47. The van der Waals surface area contributed by atoms with Crippen molar-refractivity contribution in [3.63, 3.8) is 0 Å². The Kier molecular flexibility index (Phi) is 6.26. The first-order chi connectivity index (χ1) is 13.8. The van der Waals surface area contributed by atoms with E-state index in [9.17, 15) is 19.8 Å². The Labute approximate surface area is 169 Å². The van der Waals surface area contributed by atoms with E-state index < -0.39 is 0 Å². The predicted octanol–water partition coefficient (Wildman–Crippen LogP) is 2.51. The minimum absolute atomic E-state index is 0.0100. The second-order valence-electron chi connectivity index (χ2n) is 7.35. The molecule has 1 heterocycles. The van der Waals surface area contributed by atoms with E-state index >= 15 is 0 Å². The molecule has 0 radical (unpaired) electrons. The fraction of sp³-hybridized carbons (Fsp3) is 0.364. The smallest absolute Gasteiger partial charge is 0.260 e. The van der Waals surface area contributed by atoms with Crippen LogP contribution in [0.5, 0.6) is 17.2 Å². The van der Waals surface area contributed by atoms with Crippen molar-refractivity contribution in [3.8, 4) is 17.2 Å². The van der Waals surface area contributed by atoms with Crippen molar-refractivity contribution in [3.05, 3.63) is 53.1 Å². The molecule has 0 spiro atoms. The third-order valence-corrected chi connectivity index (χ3v) is 5.25. The summed E-state index contributed by atoms with van der Waals surface area (Å²) >= 11 is 0. The van der Waals surface area contributed by atoms with E-state index in [1.807, 2.05) is 32.0 Å². The van der Waals surface area contributed by atoms with Gasteiger partial charge in [-0.2, -0.15) is 0 Å². The van der Waals surface area contributed by atoms with Crippen LogP contribution < -0.4 is 10.1 Å². The lowest BCUT2D eigenvalue weighted by atomic mass is 10.0. The molecule has 0 aromatic heterocycles. The maximum atomic E-state index is 12.5. The Bertz CT molecular complexity index is 884. The number of hydrogen-bond donors (Lipinski definition) is 3. The van der Waals surface area contributed by atoms with E-state index in [1.54, 1.807) is 4.90 Å². The number of piperidine rings is 1. The van der Waals surface area contributed by atoms with Gasteiger partial charge in [-0.3, -0.25) is 9.59 Å². The predicted molar refractivity (Wildman–Crippen MR) is 108 cm³/mol. The van der Waals surface area contributed by atoms with E-state index in [1.165, 1.54) is 18.2 Å². The van der Waals surface area contributed by atoms with Gasteiger partial charge in [-0.25, -0.2) is 0 Å². The minimum Gasteiger partial charge on any atom is -0.508 e. The van der Waals surface area contributed by atoms with Crippen molar-refractivity contribution in [2.45, 2.75) is 32.7 Å². The van der Waals surface area contributed by atoms with Crippen LogP contribution in [-0.2, 0) is 4.79 Å². The molecule has 1 aliphatic rings. The van der Waals surface area contributed by atoms with Gasteiger partial charge in [0, 0.05) is 30.8 Å². The zero-order valence-electron chi connectivity index (χ0n) is 16.6. The quantitative estimate of drug-likeness (QED) is 0.719. The highest BCUT2D eigenvalue weighted by Crippen LogP contribution is 2.22. The summed E-state index contributed by atoms with van der Waals surface area (Å²) < 4.78 is 5.70. The summed E-state index contributed by atoms with van der Waals surface area (Å²) in [7, 11) is 0. The van der Waals surface area contributed by atoms with Crippen molar-refractivity contribution in [2.75, 3.05) is 19.7 Å². The van der Waals surface area contributed by atoms with E-state index in [2.05, 4.69) is 5.32 Å². The van der Waals surface area contributed by atoms with Crippen LogP contribution in [0.4, 0.5) is 0 Å². The first-order valence-electron chi connectivity index (χ1n) is 9.64. The number of aryl methyl sites for hydroxylation is 1. The topological polar surface area (TPSA) is 99.1 Å². The summed E-state index contributed by atoms with van der Waals surface area (Å²) in [5.74, 6) is -0.0542. The molecule has 2 aromatic rings. The van der Waals surface area contributed by atoms with Gasteiger partial charge in [0.1, 0.15) is 17.2 Å². The van der Waals surface area contributed by atoms with Crippen molar-refractivity contribution in [1.29, 1.82) is 0 Å². The Morgan fingerprint density at radius 1 is 1.10 bits per heavy atom. The lowest BCUT2D eigenvalue weighted by Gasteiger charge is -2.32. The molecule has 154 valence electrons. The van der Waals surface area contributed by atoms with Crippen LogP contribution in [0.15, 0.2) is 36.4 Å². The third-order valence-electron chi connectivity index (χ3n) is 5.25. The summed E-state index contributed by atoms with van der Waals surface area (Å²) in [5, 5.41) is 21.9. The van der Waals surface area contributed by atoms with Gasteiger partial charge in [0.2, 0.25) is 0 Å². The molecular formula is C22H26N2O5. The molecule has 0 saturated carbocycles. The second kappa shape index (κ2) is 8.86. The Balaban J connectivity index is 1.47. The molecule has 1 saturated heterocycles. The number of rotatable bonds is 5. The van der Waals surface area contributed by atoms with Crippen molar-refractivity contribution in [2.24, 2.45) is 0 Å². The standard InChI is InChI=1S/C22H26N2O5/c1-14-4-3-5-20(15(14)2)29-13-21(27)24-8-6-17(7-9-24)23-22(28)16-10-18(25)12-19(26)11-16/h3-5,10-12,17,25-26H,6-9,13H2,1-2H3,(H,23,28). The Hall–Kier alpha value is -3.22. The summed E-state index contributed by atoms with van der Waals surface area (Å²) in [4.78, 5) is 26.5. The van der Waals surface area contributed by atoms with E-state index in [4.69, 9.17) is 4.74 Å². The number of amides is 2. The van der Waals surface area contributed by atoms with Crippen LogP contribution >= 0.6 is 0 Å². The number of aromatic hydroxyl groups is 2. The number of carbonyl (C=O) groups is 2. The zero-order valence-corrected chi connectivity index (χ0v) is 16.6. The maximum absolute atomic E-state index is 12.5.